The Bertz CT molecular complexity index is 184. The summed E-state index contributed by atoms with van der Waals surface area (Å²) >= 11 is 0. The third-order valence-electron chi connectivity index (χ3n) is 2.17. The summed E-state index contributed by atoms with van der Waals surface area (Å²) in [5.74, 6) is 0.0516. The first kappa shape index (κ1) is 12.4. The smallest absolute Gasteiger partial charge is 0.221 e. The number of nitrogens with one attached hydrogen (secondary N) is 2. The number of aliphatic hydroxyl groups is 1. The van der Waals surface area contributed by atoms with Gasteiger partial charge in [-0.25, -0.2) is 0 Å². The first-order valence-electron chi connectivity index (χ1n) is 5.51. The number of aliphatic hydroxyl groups excluding tert-OH is 1. The Balaban J connectivity index is 1.80. The minimum Gasteiger partial charge on any atom is -0.394 e. The number of rotatable bonds is 9. The highest BCUT2D eigenvalue weighted by Gasteiger charge is 2.19. The van der Waals surface area contributed by atoms with E-state index in [-0.39, 0.29) is 12.5 Å². The van der Waals surface area contributed by atoms with Gasteiger partial charge in [0.05, 0.1) is 19.8 Å². The highest BCUT2D eigenvalue weighted by atomic mass is 16.5. The Labute approximate surface area is 90.2 Å². The molecule has 0 aromatic heterocycles. The van der Waals surface area contributed by atoms with E-state index in [2.05, 4.69) is 10.6 Å². The van der Waals surface area contributed by atoms with Crippen LogP contribution >= 0.6 is 0 Å². The predicted molar refractivity (Wildman–Crippen MR) is 56.6 cm³/mol. The summed E-state index contributed by atoms with van der Waals surface area (Å²) in [6.45, 7) is 2.09. The SMILES string of the molecule is O=C(CCNC1CC1)NCCOCCO. The fourth-order valence-electron chi connectivity index (χ4n) is 1.19. The summed E-state index contributed by atoms with van der Waals surface area (Å²) in [6, 6.07) is 0.658. The van der Waals surface area contributed by atoms with Gasteiger partial charge in [-0.1, -0.05) is 0 Å². The number of ether oxygens (including phenoxy) is 1. The van der Waals surface area contributed by atoms with Gasteiger partial charge in [-0.2, -0.15) is 0 Å². The molecule has 1 aliphatic rings. The fourth-order valence-corrected chi connectivity index (χ4v) is 1.19. The number of hydrogen-bond donors (Lipinski definition) is 3. The van der Waals surface area contributed by atoms with Crippen LogP contribution in [0.1, 0.15) is 19.3 Å². The Morgan fingerprint density at radius 2 is 2.13 bits per heavy atom. The third-order valence-corrected chi connectivity index (χ3v) is 2.17. The van der Waals surface area contributed by atoms with Crippen molar-refractivity contribution in [2.24, 2.45) is 0 Å². The lowest BCUT2D eigenvalue weighted by Gasteiger charge is -2.06. The molecule has 0 aliphatic heterocycles. The van der Waals surface area contributed by atoms with E-state index in [4.69, 9.17) is 9.84 Å². The first-order chi connectivity index (χ1) is 7.33. The minimum absolute atomic E-state index is 0.0270. The summed E-state index contributed by atoms with van der Waals surface area (Å²) in [7, 11) is 0. The molecule has 0 radical (unpaired) electrons. The van der Waals surface area contributed by atoms with Crippen LogP contribution in [0.25, 0.3) is 0 Å². The highest BCUT2D eigenvalue weighted by molar-refractivity contribution is 5.76. The van der Waals surface area contributed by atoms with Gasteiger partial charge in [-0.3, -0.25) is 4.79 Å². The van der Waals surface area contributed by atoms with Gasteiger partial charge in [0.1, 0.15) is 0 Å². The molecule has 1 rings (SSSR count). The van der Waals surface area contributed by atoms with Gasteiger partial charge in [0, 0.05) is 25.6 Å². The molecule has 15 heavy (non-hydrogen) atoms. The maximum atomic E-state index is 11.2. The molecule has 5 nitrogen and oxygen atoms in total. The summed E-state index contributed by atoms with van der Waals surface area (Å²) in [4.78, 5) is 11.2. The zero-order valence-electron chi connectivity index (χ0n) is 9.00. The molecular formula is C10H20N2O3. The third kappa shape index (κ3) is 7.30. The van der Waals surface area contributed by atoms with Crippen LogP contribution in [0, 0.1) is 0 Å². The van der Waals surface area contributed by atoms with Crippen LogP contribution in [0.5, 0.6) is 0 Å². The van der Waals surface area contributed by atoms with Crippen LogP contribution in [0.2, 0.25) is 0 Å². The molecule has 0 aromatic rings. The molecule has 0 spiro atoms. The van der Waals surface area contributed by atoms with E-state index >= 15 is 0 Å². The van der Waals surface area contributed by atoms with Gasteiger partial charge < -0.3 is 20.5 Å². The fraction of sp³-hybridized carbons (Fsp3) is 0.900. The Morgan fingerprint density at radius 3 is 2.80 bits per heavy atom. The van der Waals surface area contributed by atoms with E-state index in [0.29, 0.717) is 32.2 Å². The Hall–Kier alpha value is -0.650. The van der Waals surface area contributed by atoms with E-state index < -0.39 is 0 Å². The summed E-state index contributed by atoms with van der Waals surface area (Å²) in [5, 5.41) is 14.5. The lowest BCUT2D eigenvalue weighted by molar-refractivity contribution is -0.121. The number of hydrogen-bond acceptors (Lipinski definition) is 4. The molecule has 0 saturated heterocycles. The average Bonchev–Trinajstić information content (AvgIpc) is 3.01. The topological polar surface area (TPSA) is 70.6 Å². The second-order valence-electron chi connectivity index (χ2n) is 3.66. The van der Waals surface area contributed by atoms with Crippen molar-refractivity contribution in [3.05, 3.63) is 0 Å². The second-order valence-corrected chi connectivity index (χ2v) is 3.66. The molecule has 3 N–H and O–H groups in total. The molecule has 0 unspecified atom stereocenters. The van der Waals surface area contributed by atoms with Gasteiger partial charge in [0.2, 0.25) is 5.91 Å². The van der Waals surface area contributed by atoms with Crippen LogP contribution in [-0.2, 0) is 9.53 Å². The summed E-state index contributed by atoms with van der Waals surface area (Å²) in [5.41, 5.74) is 0. The Morgan fingerprint density at radius 1 is 1.33 bits per heavy atom. The van der Waals surface area contributed by atoms with Crippen molar-refractivity contribution < 1.29 is 14.6 Å². The standard InChI is InChI=1S/C10H20N2O3/c13-6-8-15-7-5-12-10(14)3-4-11-9-1-2-9/h9,11,13H,1-8H2,(H,12,14). The number of carbonyl (C=O) groups is 1. The van der Waals surface area contributed by atoms with E-state index in [1.165, 1.54) is 12.8 Å². The predicted octanol–water partition coefficient (Wildman–Crippen LogP) is -0.746. The zero-order chi connectivity index (χ0) is 10.9. The molecule has 1 fully saturated rings. The first-order valence-corrected chi connectivity index (χ1v) is 5.51. The van der Waals surface area contributed by atoms with Crippen LogP contribution in [0.4, 0.5) is 0 Å². The molecule has 1 amide bonds. The van der Waals surface area contributed by atoms with Crippen molar-refractivity contribution in [1.29, 1.82) is 0 Å². The molecule has 0 heterocycles. The normalized spacial score (nSPS) is 15.3. The number of amides is 1. The van der Waals surface area contributed by atoms with Gasteiger partial charge in [0.15, 0.2) is 0 Å². The average molecular weight is 216 g/mol. The molecule has 5 heteroatoms. The lowest BCUT2D eigenvalue weighted by Crippen LogP contribution is -2.30. The zero-order valence-corrected chi connectivity index (χ0v) is 9.00. The summed E-state index contributed by atoms with van der Waals surface area (Å²) in [6.07, 6.45) is 3.02. The second kappa shape index (κ2) is 7.62. The van der Waals surface area contributed by atoms with Crippen molar-refractivity contribution in [2.45, 2.75) is 25.3 Å². The minimum atomic E-state index is 0.0270. The molecule has 1 saturated carbocycles. The van der Waals surface area contributed by atoms with Crippen molar-refractivity contribution in [3.8, 4) is 0 Å². The maximum absolute atomic E-state index is 11.2. The van der Waals surface area contributed by atoms with Crippen LogP contribution in [-0.4, -0.2) is 50.0 Å². The summed E-state index contributed by atoms with van der Waals surface area (Å²) < 4.78 is 5.01. The van der Waals surface area contributed by atoms with E-state index in [1.54, 1.807) is 0 Å². The highest BCUT2D eigenvalue weighted by Crippen LogP contribution is 2.18. The quantitative estimate of drug-likeness (QED) is 0.444. The Kier molecular flexibility index (Phi) is 6.31. The van der Waals surface area contributed by atoms with E-state index in [9.17, 15) is 4.79 Å². The van der Waals surface area contributed by atoms with Crippen molar-refractivity contribution in [1.82, 2.24) is 10.6 Å². The number of carbonyl (C=O) groups excluding carboxylic acids is 1. The molecule has 1 aliphatic carbocycles. The van der Waals surface area contributed by atoms with E-state index in [0.717, 1.165) is 6.54 Å². The van der Waals surface area contributed by atoms with Gasteiger partial charge in [-0.15, -0.1) is 0 Å². The molecular weight excluding hydrogens is 196 g/mol. The molecule has 0 atom stereocenters. The van der Waals surface area contributed by atoms with Crippen LogP contribution < -0.4 is 10.6 Å². The largest absolute Gasteiger partial charge is 0.394 e. The monoisotopic (exact) mass is 216 g/mol. The molecule has 88 valence electrons. The van der Waals surface area contributed by atoms with Crippen molar-refractivity contribution in [3.63, 3.8) is 0 Å². The van der Waals surface area contributed by atoms with Crippen LogP contribution in [0.15, 0.2) is 0 Å². The van der Waals surface area contributed by atoms with E-state index in [1.807, 2.05) is 0 Å². The van der Waals surface area contributed by atoms with Gasteiger partial charge in [-0.05, 0) is 12.8 Å². The lowest BCUT2D eigenvalue weighted by atomic mass is 10.4. The van der Waals surface area contributed by atoms with Crippen LogP contribution in [0.3, 0.4) is 0 Å². The van der Waals surface area contributed by atoms with Gasteiger partial charge >= 0.3 is 0 Å². The molecule has 0 bridgehead atoms. The van der Waals surface area contributed by atoms with Crippen molar-refractivity contribution >= 4 is 5.91 Å². The molecule has 0 aromatic carbocycles. The van der Waals surface area contributed by atoms with Gasteiger partial charge in [0.25, 0.3) is 0 Å². The van der Waals surface area contributed by atoms with Crippen molar-refractivity contribution in [2.75, 3.05) is 32.9 Å². The maximum Gasteiger partial charge on any atom is 0.221 e.